The van der Waals surface area contributed by atoms with Crippen LogP contribution in [-0.4, -0.2) is 18.5 Å². The Kier molecular flexibility index (Phi) is 5.93. The first kappa shape index (κ1) is 17.2. The lowest BCUT2D eigenvalue weighted by Gasteiger charge is -2.15. The van der Waals surface area contributed by atoms with Crippen molar-refractivity contribution in [1.82, 2.24) is 5.32 Å². The van der Waals surface area contributed by atoms with Crippen molar-refractivity contribution in [3.63, 3.8) is 0 Å². The van der Waals surface area contributed by atoms with Crippen molar-refractivity contribution in [2.24, 2.45) is 0 Å². The quantitative estimate of drug-likeness (QED) is 0.808. The van der Waals surface area contributed by atoms with E-state index in [1.54, 1.807) is 12.1 Å². The fourth-order valence-electron chi connectivity index (χ4n) is 2.09. The average molecular weight is 376 g/mol. The Morgan fingerprint density at radius 2 is 1.78 bits per heavy atom. The lowest BCUT2D eigenvalue weighted by Crippen LogP contribution is -2.31. The zero-order valence-corrected chi connectivity index (χ0v) is 14.6. The molecule has 23 heavy (non-hydrogen) atoms. The standard InChI is InChI=1S/C18H18BrNO3/c1-12-7-9-14(10-8-12)18(22)23-11-17(21)20-13(2)15-5-3-4-6-16(15)19/h3-10,13H,11H2,1-2H3,(H,20,21)/t13-/m1/s1. The molecule has 2 aromatic carbocycles. The van der Waals surface area contributed by atoms with Crippen molar-refractivity contribution in [2.75, 3.05) is 6.61 Å². The third-order valence-electron chi connectivity index (χ3n) is 3.37. The van der Waals surface area contributed by atoms with Crippen molar-refractivity contribution in [2.45, 2.75) is 19.9 Å². The molecule has 0 heterocycles. The molecule has 2 rings (SSSR count). The predicted octanol–water partition coefficient (Wildman–Crippen LogP) is 3.79. The molecule has 5 heteroatoms. The van der Waals surface area contributed by atoms with Gasteiger partial charge in [-0.15, -0.1) is 0 Å². The predicted molar refractivity (Wildman–Crippen MR) is 92.2 cm³/mol. The average Bonchev–Trinajstić information content (AvgIpc) is 2.53. The van der Waals surface area contributed by atoms with Gasteiger partial charge in [-0.25, -0.2) is 4.79 Å². The van der Waals surface area contributed by atoms with Gasteiger partial charge in [0.2, 0.25) is 0 Å². The summed E-state index contributed by atoms with van der Waals surface area (Å²) >= 11 is 3.45. The summed E-state index contributed by atoms with van der Waals surface area (Å²) < 4.78 is 5.95. The van der Waals surface area contributed by atoms with Crippen molar-refractivity contribution >= 4 is 27.8 Å². The van der Waals surface area contributed by atoms with E-state index >= 15 is 0 Å². The maximum absolute atomic E-state index is 11.9. The number of benzene rings is 2. The number of ether oxygens (including phenoxy) is 1. The molecule has 0 aliphatic rings. The second kappa shape index (κ2) is 7.92. The first-order valence-corrected chi connectivity index (χ1v) is 8.04. The summed E-state index contributed by atoms with van der Waals surface area (Å²) in [5.41, 5.74) is 2.45. The number of hydrogen-bond acceptors (Lipinski definition) is 3. The molecule has 2 aromatic rings. The van der Waals surface area contributed by atoms with E-state index in [2.05, 4.69) is 21.2 Å². The summed E-state index contributed by atoms with van der Waals surface area (Å²) in [6.45, 7) is 3.51. The van der Waals surface area contributed by atoms with Gasteiger partial charge < -0.3 is 10.1 Å². The van der Waals surface area contributed by atoms with Gasteiger partial charge in [0.15, 0.2) is 6.61 Å². The largest absolute Gasteiger partial charge is 0.452 e. The van der Waals surface area contributed by atoms with Gasteiger partial charge in [0.1, 0.15) is 0 Å². The van der Waals surface area contributed by atoms with Crippen LogP contribution in [0.1, 0.15) is 34.5 Å². The molecule has 1 amide bonds. The first-order valence-electron chi connectivity index (χ1n) is 7.25. The summed E-state index contributed by atoms with van der Waals surface area (Å²) in [5.74, 6) is -0.845. The molecule has 1 N–H and O–H groups in total. The number of hydrogen-bond donors (Lipinski definition) is 1. The molecule has 4 nitrogen and oxygen atoms in total. The van der Waals surface area contributed by atoms with Crippen LogP contribution in [0.25, 0.3) is 0 Å². The summed E-state index contributed by atoms with van der Waals surface area (Å²) in [4.78, 5) is 23.8. The van der Waals surface area contributed by atoms with Crippen LogP contribution in [0.5, 0.6) is 0 Å². The highest BCUT2D eigenvalue weighted by Gasteiger charge is 2.14. The van der Waals surface area contributed by atoms with Crippen molar-refractivity contribution in [1.29, 1.82) is 0 Å². The molecule has 120 valence electrons. The zero-order chi connectivity index (χ0) is 16.8. The Labute approximate surface area is 144 Å². The molecule has 0 unspecified atom stereocenters. The lowest BCUT2D eigenvalue weighted by atomic mass is 10.1. The molecule has 0 saturated carbocycles. The highest BCUT2D eigenvalue weighted by Crippen LogP contribution is 2.22. The number of amides is 1. The summed E-state index contributed by atoms with van der Waals surface area (Å²) in [7, 11) is 0. The monoisotopic (exact) mass is 375 g/mol. The van der Waals surface area contributed by atoms with E-state index in [0.29, 0.717) is 5.56 Å². The van der Waals surface area contributed by atoms with E-state index in [9.17, 15) is 9.59 Å². The second-order valence-corrected chi connectivity index (χ2v) is 6.11. The van der Waals surface area contributed by atoms with Crippen molar-refractivity contribution < 1.29 is 14.3 Å². The zero-order valence-electron chi connectivity index (χ0n) is 13.0. The third kappa shape index (κ3) is 4.93. The maximum Gasteiger partial charge on any atom is 0.338 e. The highest BCUT2D eigenvalue weighted by molar-refractivity contribution is 9.10. The summed E-state index contributed by atoms with van der Waals surface area (Å²) in [5, 5.41) is 2.81. The van der Waals surface area contributed by atoms with Crippen LogP contribution in [0.2, 0.25) is 0 Å². The van der Waals surface area contributed by atoms with Crippen LogP contribution in [-0.2, 0) is 9.53 Å². The van der Waals surface area contributed by atoms with Crippen LogP contribution in [0.4, 0.5) is 0 Å². The molecule has 0 bridgehead atoms. The van der Waals surface area contributed by atoms with Crippen molar-refractivity contribution in [3.05, 3.63) is 69.7 Å². The Balaban J connectivity index is 1.86. The van der Waals surface area contributed by atoms with E-state index in [-0.39, 0.29) is 18.6 Å². The van der Waals surface area contributed by atoms with Gasteiger partial charge in [-0.05, 0) is 37.6 Å². The van der Waals surface area contributed by atoms with E-state index in [1.165, 1.54) is 0 Å². The van der Waals surface area contributed by atoms with Gasteiger partial charge in [-0.3, -0.25) is 4.79 Å². The van der Waals surface area contributed by atoms with Gasteiger partial charge in [-0.2, -0.15) is 0 Å². The van der Waals surface area contributed by atoms with E-state index in [4.69, 9.17) is 4.74 Å². The smallest absolute Gasteiger partial charge is 0.338 e. The fraction of sp³-hybridized carbons (Fsp3) is 0.222. The number of nitrogens with one attached hydrogen (secondary N) is 1. The fourth-order valence-corrected chi connectivity index (χ4v) is 2.72. The Bertz CT molecular complexity index is 698. The molecular weight excluding hydrogens is 358 g/mol. The van der Waals surface area contributed by atoms with Crippen molar-refractivity contribution in [3.8, 4) is 0 Å². The number of halogens is 1. The molecule has 0 spiro atoms. The molecule has 0 aromatic heterocycles. The Morgan fingerprint density at radius 3 is 2.43 bits per heavy atom. The molecular formula is C18H18BrNO3. The molecule has 1 atom stereocenters. The van der Waals surface area contributed by atoms with Gasteiger partial charge in [0, 0.05) is 4.47 Å². The molecule has 0 fully saturated rings. The minimum atomic E-state index is -0.506. The number of rotatable bonds is 5. The number of carbonyl (C=O) groups is 2. The van der Waals surface area contributed by atoms with Crippen LogP contribution in [0.3, 0.4) is 0 Å². The maximum atomic E-state index is 11.9. The lowest BCUT2D eigenvalue weighted by molar-refractivity contribution is -0.124. The van der Waals surface area contributed by atoms with E-state index in [0.717, 1.165) is 15.6 Å². The van der Waals surface area contributed by atoms with Crippen LogP contribution >= 0.6 is 15.9 Å². The van der Waals surface area contributed by atoms with Gasteiger partial charge in [-0.1, -0.05) is 51.8 Å². The molecule has 0 saturated heterocycles. The Hall–Kier alpha value is -2.14. The summed E-state index contributed by atoms with van der Waals surface area (Å²) in [6, 6.07) is 14.5. The minimum absolute atomic E-state index is 0.184. The van der Waals surface area contributed by atoms with Gasteiger partial charge >= 0.3 is 5.97 Å². The van der Waals surface area contributed by atoms with Crippen LogP contribution in [0, 0.1) is 6.92 Å². The number of carbonyl (C=O) groups excluding carboxylic acids is 2. The first-order chi connectivity index (χ1) is 11.0. The van der Waals surface area contributed by atoms with Crippen LogP contribution in [0.15, 0.2) is 53.0 Å². The van der Waals surface area contributed by atoms with Gasteiger partial charge in [0.05, 0.1) is 11.6 Å². The molecule has 0 aliphatic carbocycles. The normalized spacial score (nSPS) is 11.6. The third-order valence-corrected chi connectivity index (χ3v) is 4.09. The van der Waals surface area contributed by atoms with E-state index in [1.807, 2.05) is 50.2 Å². The topological polar surface area (TPSA) is 55.4 Å². The molecule has 0 radical (unpaired) electrons. The SMILES string of the molecule is Cc1ccc(C(=O)OCC(=O)N[C@H](C)c2ccccc2Br)cc1. The Morgan fingerprint density at radius 1 is 1.13 bits per heavy atom. The highest BCUT2D eigenvalue weighted by atomic mass is 79.9. The van der Waals surface area contributed by atoms with E-state index < -0.39 is 5.97 Å². The second-order valence-electron chi connectivity index (χ2n) is 5.25. The summed E-state index contributed by atoms with van der Waals surface area (Å²) in [6.07, 6.45) is 0. The van der Waals surface area contributed by atoms with Gasteiger partial charge in [0.25, 0.3) is 5.91 Å². The number of esters is 1. The molecule has 0 aliphatic heterocycles. The van der Waals surface area contributed by atoms with Crippen LogP contribution < -0.4 is 5.32 Å². The minimum Gasteiger partial charge on any atom is -0.452 e. The number of aryl methyl sites for hydroxylation is 1.